The van der Waals surface area contributed by atoms with E-state index in [1.54, 1.807) is 0 Å². The van der Waals surface area contributed by atoms with Crippen LogP contribution in [0.5, 0.6) is 0 Å². The Labute approximate surface area is 140 Å². The van der Waals surface area contributed by atoms with Gasteiger partial charge in [-0.2, -0.15) is 0 Å². The zero-order chi connectivity index (χ0) is 16.0. The highest BCUT2D eigenvalue weighted by atomic mass is 35.5. The molecule has 1 aromatic heterocycles. The zero-order valence-electron chi connectivity index (χ0n) is 13.1. The van der Waals surface area contributed by atoms with E-state index in [1.807, 2.05) is 19.1 Å². The Hall–Kier alpha value is -2.33. The van der Waals surface area contributed by atoms with Crippen LogP contribution in [0.4, 0.5) is 11.4 Å². The van der Waals surface area contributed by atoms with Crippen LogP contribution in [-0.2, 0) is 0 Å². The monoisotopic (exact) mass is 324 g/mol. The van der Waals surface area contributed by atoms with Crippen molar-refractivity contribution in [2.45, 2.75) is 19.8 Å². The van der Waals surface area contributed by atoms with E-state index in [9.17, 15) is 0 Å². The van der Waals surface area contributed by atoms with Crippen molar-refractivity contribution in [2.75, 3.05) is 11.4 Å². The van der Waals surface area contributed by atoms with Gasteiger partial charge in [0.1, 0.15) is 11.6 Å². The molecule has 0 saturated heterocycles. The van der Waals surface area contributed by atoms with Crippen LogP contribution in [0.1, 0.15) is 24.5 Å². The van der Waals surface area contributed by atoms with Gasteiger partial charge in [-0.1, -0.05) is 30.7 Å². The summed E-state index contributed by atoms with van der Waals surface area (Å²) in [5.74, 6) is 2.18. The molecule has 4 nitrogen and oxygen atoms in total. The van der Waals surface area contributed by atoms with Gasteiger partial charge < -0.3 is 4.90 Å². The van der Waals surface area contributed by atoms with Crippen molar-refractivity contribution >= 4 is 23.0 Å². The first-order valence-electron chi connectivity index (χ1n) is 7.69. The second kappa shape index (κ2) is 5.39. The summed E-state index contributed by atoms with van der Waals surface area (Å²) in [5.41, 5.74) is 3.40. The molecular formula is C18H17ClN4. The summed E-state index contributed by atoms with van der Waals surface area (Å²) in [5, 5.41) is 9.43. The quantitative estimate of drug-likeness (QED) is 0.661. The molecule has 1 aliphatic rings. The Kier molecular flexibility index (Phi) is 3.34. The summed E-state index contributed by atoms with van der Waals surface area (Å²) in [6.45, 7) is 5.03. The van der Waals surface area contributed by atoms with Gasteiger partial charge in [-0.05, 0) is 43.3 Å². The van der Waals surface area contributed by atoms with Crippen LogP contribution in [-0.4, -0.2) is 21.3 Å². The lowest BCUT2D eigenvalue weighted by Crippen LogP contribution is -2.21. The van der Waals surface area contributed by atoms with Gasteiger partial charge in [-0.25, -0.2) is 0 Å². The number of benzene rings is 2. The molecule has 1 aliphatic heterocycles. The molecule has 116 valence electrons. The molecule has 5 heteroatoms. The lowest BCUT2D eigenvalue weighted by molar-refractivity contribution is 0.696. The number of rotatable bonds is 1. The summed E-state index contributed by atoms with van der Waals surface area (Å²) >= 11 is 6.05. The van der Waals surface area contributed by atoms with E-state index in [-0.39, 0.29) is 5.92 Å². The second-order valence-electron chi connectivity index (χ2n) is 5.92. The van der Waals surface area contributed by atoms with Crippen LogP contribution in [0.25, 0.3) is 5.69 Å². The lowest BCUT2D eigenvalue weighted by atomic mass is 10.1. The van der Waals surface area contributed by atoms with Gasteiger partial charge in [-0.3, -0.25) is 4.57 Å². The fourth-order valence-corrected chi connectivity index (χ4v) is 3.32. The van der Waals surface area contributed by atoms with E-state index in [2.05, 4.69) is 63.0 Å². The molecule has 0 spiro atoms. The summed E-state index contributed by atoms with van der Waals surface area (Å²) in [4.78, 5) is 2.32. The molecule has 4 rings (SSSR count). The van der Waals surface area contributed by atoms with E-state index in [1.165, 1.54) is 0 Å². The molecule has 0 unspecified atom stereocenters. The molecule has 0 saturated carbocycles. The number of para-hydroxylation sites is 2. The van der Waals surface area contributed by atoms with Crippen molar-refractivity contribution in [3.63, 3.8) is 0 Å². The summed E-state index contributed by atoms with van der Waals surface area (Å²) in [6.07, 6.45) is 0. The first-order chi connectivity index (χ1) is 11.1. The third-order valence-electron chi connectivity index (χ3n) is 4.30. The molecule has 0 aliphatic carbocycles. The highest BCUT2D eigenvalue weighted by molar-refractivity contribution is 6.30. The Morgan fingerprint density at radius 1 is 1.00 bits per heavy atom. The maximum atomic E-state index is 6.05. The van der Waals surface area contributed by atoms with Crippen LogP contribution in [0.15, 0.2) is 48.5 Å². The fraction of sp³-hybridized carbons (Fsp3) is 0.222. The molecule has 3 aromatic rings. The Balaban J connectivity index is 1.93. The van der Waals surface area contributed by atoms with Crippen LogP contribution >= 0.6 is 11.6 Å². The predicted molar refractivity (Wildman–Crippen MR) is 93.0 cm³/mol. The van der Waals surface area contributed by atoms with Gasteiger partial charge in [0.15, 0.2) is 0 Å². The van der Waals surface area contributed by atoms with E-state index in [0.29, 0.717) is 0 Å². The van der Waals surface area contributed by atoms with E-state index >= 15 is 0 Å². The minimum atomic E-state index is 0.263. The third-order valence-corrected chi connectivity index (χ3v) is 4.55. The maximum absolute atomic E-state index is 6.05. The summed E-state index contributed by atoms with van der Waals surface area (Å²) in [7, 11) is 0. The first kappa shape index (κ1) is 14.3. The van der Waals surface area contributed by atoms with Gasteiger partial charge in [0.25, 0.3) is 0 Å². The smallest absolute Gasteiger partial charge is 0.142 e. The average Bonchev–Trinajstić information content (AvgIpc) is 2.89. The van der Waals surface area contributed by atoms with Crippen molar-refractivity contribution in [3.8, 4) is 5.69 Å². The van der Waals surface area contributed by atoms with Crippen LogP contribution in [0.2, 0.25) is 5.02 Å². The SMILES string of the molecule is Cc1nnc2n1-c1ccccc1N(c1ccc(Cl)cc1)C[C@H]2C. The van der Waals surface area contributed by atoms with Gasteiger partial charge in [0.05, 0.1) is 11.4 Å². The first-order valence-corrected chi connectivity index (χ1v) is 8.07. The second-order valence-corrected chi connectivity index (χ2v) is 6.35. The molecule has 2 heterocycles. The molecule has 1 atom stereocenters. The number of aromatic nitrogens is 3. The number of halogens is 1. The molecule has 0 fully saturated rings. The topological polar surface area (TPSA) is 34.0 Å². The number of aryl methyl sites for hydroxylation is 1. The van der Waals surface area contributed by atoms with Crippen LogP contribution < -0.4 is 4.90 Å². The zero-order valence-corrected chi connectivity index (χ0v) is 13.8. The summed E-state index contributed by atoms with van der Waals surface area (Å²) in [6, 6.07) is 16.4. The minimum absolute atomic E-state index is 0.263. The lowest BCUT2D eigenvalue weighted by Gasteiger charge is -2.26. The van der Waals surface area contributed by atoms with Crippen molar-refractivity contribution in [1.29, 1.82) is 0 Å². The molecule has 0 radical (unpaired) electrons. The minimum Gasteiger partial charge on any atom is -0.339 e. The number of hydrogen-bond acceptors (Lipinski definition) is 3. The van der Waals surface area contributed by atoms with Crippen molar-refractivity contribution in [1.82, 2.24) is 14.8 Å². The highest BCUT2D eigenvalue weighted by Crippen LogP contribution is 2.38. The highest BCUT2D eigenvalue weighted by Gasteiger charge is 2.27. The Morgan fingerprint density at radius 2 is 1.70 bits per heavy atom. The molecular weight excluding hydrogens is 308 g/mol. The van der Waals surface area contributed by atoms with Gasteiger partial charge in [0, 0.05) is 23.2 Å². The van der Waals surface area contributed by atoms with Gasteiger partial charge >= 0.3 is 0 Å². The standard InChI is InChI=1S/C18H17ClN4/c1-12-11-22(15-9-7-14(19)8-10-15)16-5-3-4-6-17(16)23-13(2)20-21-18(12)23/h3-10,12H,11H2,1-2H3/t12-/m1/s1. The van der Waals surface area contributed by atoms with Crippen molar-refractivity contribution < 1.29 is 0 Å². The predicted octanol–water partition coefficient (Wildman–Crippen LogP) is 4.48. The van der Waals surface area contributed by atoms with E-state index in [4.69, 9.17) is 11.6 Å². The average molecular weight is 325 g/mol. The Morgan fingerprint density at radius 3 is 2.43 bits per heavy atom. The number of hydrogen-bond donors (Lipinski definition) is 0. The maximum Gasteiger partial charge on any atom is 0.142 e. The van der Waals surface area contributed by atoms with Crippen molar-refractivity contribution in [3.05, 3.63) is 65.2 Å². The number of anilines is 2. The van der Waals surface area contributed by atoms with Gasteiger partial charge in [-0.15, -0.1) is 10.2 Å². The molecule has 2 aromatic carbocycles. The Bertz CT molecular complexity index is 854. The summed E-state index contributed by atoms with van der Waals surface area (Å²) < 4.78 is 2.16. The van der Waals surface area contributed by atoms with E-state index in [0.717, 1.165) is 40.3 Å². The number of fused-ring (bicyclic) bond motifs is 3. The molecule has 0 bridgehead atoms. The van der Waals surface area contributed by atoms with Crippen molar-refractivity contribution in [2.24, 2.45) is 0 Å². The largest absolute Gasteiger partial charge is 0.339 e. The molecule has 0 amide bonds. The number of nitrogens with zero attached hydrogens (tertiary/aromatic N) is 4. The molecule has 23 heavy (non-hydrogen) atoms. The van der Waals surface area contributed by atoms with Crippen LogP contribution in [0, 0.1) is 6.92 Å². The van der Waals surface area contributed by atoms with Crippen LogP contribution in [0.3, 0.4) is 0 Å². The third kappa shape index (κ3) is 2.30. The normalized spacial score (nSPS) is 16.7. The van der Waals surface area contributed by atoms with E-state index < -0.39 is 0 Å². The fourth-order valence-electron chi connectivity index (χ4n) is 3.20. The van der Waals surface area contributed by atoms with Gasteiger partial charge in [0.2, 0.25) is 0 Å². The molecule has 0 N–H and O–H groups in total.